The molecule has 0 saturated heterocycles. The van der Waals surface area contributed by atoms with Gasteiger partial charge < -0.3 is 10.1 Å². The van der Waals surface area contributed by atoms with E-state index in [4.69, 9.17) is 4.74 Å². The van der Waals surface area contributed by atoms with Gasteiger partial charge in [-0.3, -0.25) is 4.79 Å². The number of amides is 1. The lowest BCUT2D eigenvalue weighted by Crippen LogP contribution is -2.23. The Morgan fingerprint density at radius 2 is 2.17 bits per heavy atom. The van der Waals surface area contributed by atoms with Crippen molar-refractivity contribution in [1.29, 1.82) is 0 Å². The van der Waals surface area contributed by atoms with Gasteiger partial charge in [0.15, 0.2) is 0 Å². The zero-order valence-corrected chi connectivity index (χ0v) is 14.1. The molecule has 0 fully saturated rings. The summed E-state index contributed by atoms with van der Waals surface area (Å²) < 4.78 is 5.73. The molecule has 7 heteroatoms. The second kappa shape index (κ2) is 7.34. The van der Waals surface area contributed by atoms with E-state index in [2.05, 4.69) is 15.3 Å². The highest BCUT2D eigenvalue weighted by Crippen LogP contribution is 2.20. The molecule has 2 aromatic heterocycles. The fourth-order valence-corrected chi connectivity index (χ4v) is 3.27. The lowest BCUT2D eigenvalue weighted by atomic mass is 10.2. The Balaban J connectivity index is 1.65. The Kier molecular flexibility index (Phi) is 4.99. The van der Waals surface area contributed by atoms with Crippen LogP contribution in [0.5, 0.6) is 5.75 Å². The molecule has 3 aromatic rings. The molecule has 118 valence electrons. The van der Waals surface area contributed by atoms with Gasteiger partial charge in [0.2, 0.25) is 0 Å². The number of benzene rings is 1. The van der Waals surface area contributed by atoms with E-state index in [1.807, 2.05) is 24.4 Å². The summed E-state index contributed by atoms with van der Waals surface area (Å²) in [7, 11) is 0. The molecule has 0 aliphatic rings. The zero-order chi connectivity index (χ0) is 16.1. The predicted octanol–water partition coefficient (Wildman–Crippen LogP) is 3.42. The van der Waals surface area contributed by atoms with Crippen LogP contribution in [0.25, 0.3) is 0 Å². The van der Waals surface area contributed by atoms with Gasteiger partial charge in [0.25, 0.3) is 5.91 Å². The average molecular weight is 345 g/mol. The van der Waals surface area contributed by atoms with Crippen molar-refractivity contribution in [1.82, 2.24) is 15.3 Å². The van der Waals surface area contributed by atoms with Gasteiger partial charge in [0, 0.05) is 16.5 Å². The summed E-state index contributed by atoms with van der Waals surface area (Å²) in [5.41, 5.74) is 3.13. The number of rotatable bonds is 6. The molecule has 5 nitrogen and oxygen atoms in total. The lowest BCUT2D eigenvalue weighted by molar-refractivity contribution is 0.0946. The number of hydrogen-bond donors (Lipinski definition) is 1. The van der Waals surface area contributed by atoms with E-state index in [0.29, 0.717) is 24.5 Å². The van der Waals surface area contributed by atoms with Gasteiger partial charge in [0.1, 0.15) is 12.4 Å². The minimum atomic E-state index is -0.162. The molecule has 0 saturated carbocycles. The van der Waals surface area contributed by atoms with Crippen molar-refractivity contribution in [3.63, 3.8) is 0 Å². The van der Waals surface area contributed by atoms with Crippen LogP contribution < -0.4 is 10.1 Å². The predicted molar refractivity (Wildman–Crippen MR) is 90.9 cm³/mol. The van der Waals surface area contributed by atoms with Crippen LogP contribution in [0.1, 0.15) is 25.9 Å². The first-order valence-electron chi connectivity index (χ1n) is 7.01. The molecule has 1 amide bonds. The third-order valence-electron chi connectivity index (χ3n) is 3.08. The fourth-order valence-electron chi connectivity index (χ4n) is 1.99. The number of ether oxygens (including phenoxy) is 1. The molecule has 23 heavy (non-hydrogen) atoms. The quantitative estimate of drug-likeness (QED) is 0.743. The second-order valence-corrected chi connectivity index (χ2v) is 6.83. The number of hydrogen-bond acceptors (Lipinski definition) is 6. The lowest BCUT2D eigenvalue weighted by Gasteiger charge is -2.10. The standard InChI is InChI=1S/C16H15N3O2S2/c1-11-17-6-13(23-11)7-18-16(20)14-4-2-3-5-15(14)21-8-12-9-22-10-19-12/h2-6,9-10H,7-8H2,1H3,(H,18,20). The molecular formula is C16H15N3O2S2. The number of carbonyl (C=O) groups excluding carboxylic acids is 1. The van der Waals surface area contributed by atoms with Crippen LogP contribution in [0.4, 0.5) is 0 Å². The number of aryl methyl sites for hydroxylation is 1. The van der Waals surface area contributed by atoms with Crippen LogP contribution in [0.15, 0.2) is 41.4 Å². The van der Waals surface area contributed by atoms with Crippen molar-refractivity contribution < 1.29 is 9.53 Å². The van der Waals surface area contributed by atoms with Crippen molar-refractivity contribution >= 4 is 28.6 Å². The number of carbonyl (C=O) groups is 1. The molecule has 0 bridgehead atoms. The Morgan fingerprint density at radius 1 is 1.30 bits per heavy atom. The molecule has 0 radical (unpaired) electrons. The summed E-state index contributed by atoms with van der Waals surface area (Å²) >= 11 is 3.09. The molecule has 0 atom stereocenters. The third-order valence-corrected chi connectivity index (χ3v) is 4.63. The molecule has 1 N–H and O–H groups in total. The normalized spacial score (nSPS) is 10.5. The number of para-hydroxylation sites is 1. The molecular weight excluding hydrogens is 330 g/mol. The summed E-state index contributed by atoms with van der Waals surface area (Å²) in [6.45, 7) is 2.75. The van der Waals surface area contributed by atoms with Crippen LogP contribution in [-0.2, 0) is 13.2 Å². The second-order valence-electron chi connectivity index (χ2n) is 4.79. The van der Waals surface area contributed by atoms with Gasteiger partial charge in [-0.1, -0.05) is 12.1 Å². The van der Waals surface area contributed by atoms with E-state index in [1.54, 1.807) is 35.2 Å². The maximum absolute atomic E-state index is 12.4. The van der Waals surface area contributed by atoms with E-state index >= 15 is 0 Å². The van der Waals surface area contributed by atoms with Crippen LogP contribution in [0.2, 0.25) is 0 Å². The maximum Gasteiger partial charge on any atom is 0.255 e. The highest BCUT2D eigenvalue weighted by atomic mass is 32.1. The minimum absolute atomic E-state index is 0.162. The van der Waals surface area contributed by atoms with Gasteiger partial charge in [-0.2, -0.15) is 0 Å². The van der Waals surface area contributed by atoms with E-state index < -0.39 is 0 Å². The van der Waals surface area contributed by atoms with E-state index in [0.717, 1.165) is 15.6 Å². The number of aromatic nitrogens is 2. The third kappa shape index (κ3) is 4.14. The average Bonchev–Trinajstić information content (AvgIpc) is 3.22. The Labute approximate surface area is 142 Å². The van der Waals surface area contributed by atoms with Gasteiger partial charge in [-0.15, -0.1) is 22.7 Å². The van der Waals surface area contributed by atoms with E-state index in [9.17, 15) is 4.79 Å². The Morgan fingerprint density at radius 3 is 2.91 bits per heavy atom. The zero-order valence-electron chi connectivity index (χ0n) is 12.5. The first kappa shape index (κ1) is 15.6. The topological polar surface area (TPSA) is 64.1 Å². The van der Waals surface area contributed by atoms with Crippen molar-refractivity contribution in [3.8, 4) is 5.75 Å². The summed E-state index contributed by atoms with van der Waals surface area (Å²) in [4.78, 5) is 21.8. The minimum Gasteiger partial charge on any atom is -0.486 e. The van der Waals surface area contributed by atoms with Gasteiger partial charge in [0.05, 0.1) is 28.3 Å². The van der Waals surface area contributed by atoms with E-state index in [1.165, 1.54) is 11.3 Å². The fraction of sp³-hybridized carbons (Fsp3) is 0.188. The summed E-state index contributed by atoms with van der Waals surface area (Å²) in [5.74, 6) is 0.392. The summed E-state index contributed by atoms with van der Waals surface area (Å²) in [6.07, 6.45) is 1.78. The first-order valence-corrected chi connectivity index (χ1v) is 8.76. The molecule has 0 spiro atoms. The number of nitrogens with one attached hydrogen (secondary N) is 1. The largest absolute Gasteiger partial charge is 0.486 e. The van der Waals surface area contributed by atoms with Crippen molar-refractivity contribution in [2.45, 2.75) is 20.1 Å². The monoisotopic (exact) mass is 345 g/mol. The SMILES string of the molecule is Cc1ncc(CNC(=O)c2ccccc2OCc2cscn2)s1. The number of nitrogens with zero attached hydrogens (tertiary/aromatic N) is 2. The molecule has 1 aromatic carbocycles. The van der Waals surface area contributed by atoms with Crippen LogP contribution >= 0.6 is 22.7 Å². The van der Waals surface area contributed by atoms with Crippen molar-refractivity contribution in [3.05, 3.63) is 62.5 Å². The highest BCUT2D eigenvalue weighted by molar-refractivity contribution is 7.11. The molecule has 2 heterocycles. The van der Waals surface area contributed by atoms with Gasteiger partial charge in [-0.25, -0.2) is 9.97 Å². The van der Waals surface area contributed by atoms with E-state index in [-0.39, 0.29) is 5.91 Å². The van der Waals surface area contributed by atoms with Gasteiger partial charge >= 0.3 is 0 Å². The Hall–Kier alpha value is -2.25. The molecule has 0 aliphatic carbocycles. The Bertz CT molecular complexity index is 784. The molecule has 0 aliphatic heterocycles. The summed E-state index contributed by atoms with van der Waals surface area (Å²) in [5, 5.41) is 5.81. The van der Waals surface area contributed by atoms with Crippen molar-refractivity contribution in [2.75, 3.05) is 0 Å². The molecule has 3 rings (SSSR count). The molecule has 0 unspecified atom stereocenters. The van der Waals surface area contributed by atoms with Crippen LogP contribution in [0.3, 0.4) is 0 Å². The number of thiazole rings is 2. The van der Waals surface area contributed by atoms with Gasteiger partial charge in [-0.05, 0) is 19.1 Å². The highest BCUT2D eigenvalue weighted by Gasteiger charge is 2.12. The first-order chi connectivity index (χ1) is 11.2. The smallest absolute Gasteiger partial charge is 0.255 e. The van der Waals surface area contributed by atoms with Crippen LogP contribution in [-0.4, -0.2) is 15.9 Å². The summed E-state index contributed by atoms with van der Waals surface area (Å²) in [6, 6.07) is 7.21. The maximum atomic E-state index is 12.4. The van der Waals surface area contributed by atoms with Crippen molar-refractivity contribution in [2.24, 2.45) is 0 Å². The van der Waals surface area contributed by atoms with Crippen LogP contribution in [0, 0.1) is 6.92 Å².